The third-order valence-corrected chi connectivity index (χ3v) is 5.64. The molecule has 1 aliphatic rings. The zero-order chi connectivity index (χ0) is 14.5. The molecule has 0 spiro atoms. The molecule has 0 saturated carbocycles. The lowest BCUT2D eigenvalue weighted by Crippen LogP contribution is -2.56. The molecule has 7 heteroatoms. The van der Waals surface area contributed by atoms with E-state index in [2.05, 4.69) is 10.2 Å². The van der Waals surface area contributed by atoms with Gasteiger partial charge in [0.25, 0.3) is 10.2 Å². The van der Waals surface area contributed by atoms with Crippen molar-refractivity contribution in [3.8, 4) is 0 Å². The van der Waals surface area contributed by atoms with Crippen molar-refractivity contribution in [1.82, 2.24) is 18.8 Å². The minimum Gasteiger partial charge on any atom is -0.317 e. The van der Waals surface area contributed by atoms with Crippen molar-refractivity contribution in [3.63, 3.8) is 0 Å². The third kappa shape index (κ3) is 4.68. The molecule has 0 radical (unpaired) electrons. The fourth-order valence-electron chi connectivity index (χ4n) is 2.36. The first kappa shape index (κ1) is 16.8. The molecule has 0 aromatic heterocycles. The van der Waals surface area contributed by atoms with E-state index in [1.165, 1.54) is 4.31 Å². The first-order chi connectivity index (χ1) is 8.89. The maximum atomic E-state index is 12.5. The average molecular weight is 292 g/mol. The number of hydrogen-bond acceptors (Lipinski definition) is 4. The van der Waals surface area contributed by atoms with Gasteiger partial charge in [0.2, 0.25) is 0 Å². The van der Waals surface area contributed by atoms with Gasteiger partial charge in [-0.15, -0.1) is 0 Å². The third-order valence-electron chi connectivity index (χ3n) is 3.54. The highest BCUT2D eigenvalue weighted by Crippen LogP contribution is 2.15. The van der Waals surface area contributed by atoms with E-state index in [-0.39, 0.29) is 6.04 Å². The molecule has 0 amide bonds. The summed E-state index contributed by atoms with van der Waals surface area (Å²) < 4.78 is 28.1. The van der Waals surface area contributed by atoms with Crippen LogP contribution in [0.15, 0.2) is 0 Å². The van der Waals surface area contributed by atoms with Crippen LogP contribution in [0.4, 0.5) is 0 Å². The van der Waals surface area contributed by atoms with E-state index >= 15 is 0 Å². The molecule has 19 heavy (non-hydrogen) atoms. The quantitative estimate of drug-likeness (QED) is 0.660. The Labute approximate surface area is 117 Å². The maximum Gasteiger partial charge on any atom is 0.282 e. The molecule has 6 nitrogen and oxygen atoms in total. The number of hydrogen-bond donors (Lipinski definition) is 1. The molecule has 1 saturated heterocycles. The Morgan fingerprint density at radius 2 is 2.05 bits per heavy atom. The van der Waals surface area contributed by atoms with Gasteiger partial charge >= 0.3 is 0 Å². The summed E-state index contributed by atoms with van der Waals surface area (Å²) in [6, 6.07) is 0.0416. The van der Waals surface area contributed by atoms with Crippen LogP contribution in [-0.4, -0.2) is 81.3 Å². The van der Waals surface area contributed by atoms with Crippen LogP contribution in [-0.2, 0) is 10.2 Å². The van der Waals surface area contributed by atoms with Gasteiger partial charge in [-0.1, -0.05) is 6.92 Å². The summed E-state index contributed by atoms with van der Waals surface area (Å²) in [7, 11) is 0.392. The first-order valence-corrected chi connectivity index (χ1v) is 8.41. The fourth-order valence-corrected chi connectivity index (χ4v) is 3.92. The first-order valence-electron chi connectivity index (χ1n) is 7.02. The van der Waals surface area contributed by atoms with Crippen LogP contribution in [0.3, 0.4) is 0 Å². The number of likely N-dealkylation sites (N-methyl/N-ethyl adjacent to an activating group) is 1. The van der Waals surface area contributed by atoms with Crippen molar-refractivity contribution in [2.24, 2.45) is 0 Å². The van der Waals surface area contributed by atoms with E-state index in [9.17, 15) is 8.42 Å². The summed E-state index contributed by atoms with van der Waals surface area (Å²) >= 11 is 0. The van der Waals surface area contributed by atoms with Gasteiger partial charge in [0.05, 0.1) is 0 Å². The SMILES string of the molecule is CCNCCCN(C)S(=O)(=O)N1CCN(C)CC1C. The second-order valence-corrected chi connectivity index (χ2v) is 7.25. The number of nitrogens with zero attached hydrogens (tertiary/aromatic N) is 3. The van der Waals surface area contributed by atoms with Gasteiger partial charge in [-0.05, 0) is 33.5 Å². The summed E-state index contributed by atoms with van der Waals surface area (Å²) in [4.78, 5) is 2.17. The van der Waals surface area contributed by atoms with Gasteiger partial charge in [0, 0.05) is 39.3 Å². The molecule has 0 aromatic rings. The van der Waals surface area contributed by atoms with Crippen LogP contribution < -0.4 is 5.32 Å². The Morgan fingerprint density at radius 3 is 2.63 bits per heavy atom. The topological polar surface area (TPSA) is 55.9 Å². The highest BCUT2D eigenvalue weighted by atomic mass is 32.2. The Bertz CT molecular complexity index is 361. The molecule has 1 atom stereocenters. The predicted octanol–water partition coefficient (Wildman–Crippen LogP) is -0.201. The molecule has 0 aliphatic carbocycles. The Hall–Kier alpha value is -0.210. The molecule has 1 fully saturated rings. The molecule has 0 aromatic carbocycles. The molecular weight excluding hydrogens is 264 g/mol. The number of rotatable bonds is 7. The molecule has 0 bridgehead atoms. The van der Waals surface area contributed by atoms with Crippen LogP contribution >= 0.6 is 0 Å². The molecule has 114 valence electrons. The molecule has 1 unspecified atom stereocenters. The second-order valence-electron chi connectivity index (χ2n) is 5.26. The summed E-state index contributed by atoms with van der Waals surface area (Å²) in [5.41, 5.74) is 0. The Balaban J connectivity index is 2.54. The van der Waals surface area contributed by atoms with Crippen LogP contribution in [0.2, 0.25) is 0 Å². The van der Waals surface area contributed by atoms with Gasteiger partial charge in [-0.25, -0.2) is 0 Å². The van der Waals surface area contributed by atoms with E-state index in [0.717, 1.165) is 32.6 Å². The zero-order valence-electron chi connectivity index (χ0n) is 12.6. The van der Waals surface area contributed by atoms with Crippen LogP contribution in [0.1, 0.15) is 20.3 Å². The van der Waals surface area contributed by atoms with Gasteiger partial charge in [-0.2, -0.15) is 17.0 Å². The van der Waals surface area contributed by atoms with Crippen LogP contribution in [0.5, 0.6) is 0 Å². The van der Waals surface area contributed by atoms with Crippen molar-refractivity contribution in [2.45, 2.75) is 26.3 Å². The van der Waals surface area contributed by atoms with Crippen LogP contribution in [0.25, 0.3) is 0 Å². The minimum absolute atomic E-state index is 0.0416. The smallest absolute Gasteiger partial charge is 0.282 e. The van der Waals surface area contributed by atoms with Gasteiger partial charge in [0.1, 0.15) is 0 Å². The van der Waals surface area contributed by atoms with Crippen LogP contribution in [0, 0.1) is 0 Å². The minimum atomic E-state index is -3.31. The highest BCUT2D eigenvalue weighted by Gasteiger charge is 2.33. The summed E-state index contributed by atoms with van der Waals surface area (Å²) in [6.07, 6.45) is 0.839. The van der Waals surface area contributed by atoms with Crippen molar-refractivity contribution in [2.75, 3.05) is 53.4 Å². The maximum absolute atomic E-state index is 12.5. The van der Waals surface area contributed by atoms with Crippen molar-refractivity contribution in [1.29, 1.82) is 0 Å². The molecule has 1 N–H and O–H groups in total. The zero-order valence-corrected chi connectivity index (χ0v) is 13.4. The standard InChI is InChI=1S/C12H28N4O2S/c1-5-13-7-6-8-15(4)19(17,18)16-10-9-14(3)11-12(16)2/h12-13H,5-11H2,1-4H3. The van der Waals surface area contributed by atoms with Gasteiger partial charge in [0.15, 0.2) is 0 Å². The normalized spacial score (nSPS) is 23.1. The summed E-state index contributed by atoms with van der Waals surface area (Å²) in [5, 5.41) is 3.21. The Kier molecular flexibility index (Phi) is 6.68. The lowest BCUT2D eigenvalue weighted by molar-refractivity contribution is 0.163. The fraction of sp³-hybridized carbons (Fsp3) is 1.00. The van der Waals surface area contributed by atoms with E-state index in [1.807, 2.05) is 20.9 Å². The molecular formula is C12H28N4O2S. The molecule has 1 aliphatic heterocycles. The summed E-state index contributed by atoms with van der Waals surface area (Å²) in [6.45, 7) is 8.54. The van der Waals surface area contributed by atoms with E-state index in [1.54, 1.807) is 11.4 Å². The average Bonchev–Trinajstić information content (AvgIpc) is 2.33. The lowest BCUT2D eigenvalue weighted by atomic mass is 10.2. The van der Waals surface area contributed by atoms with Crippen molar-refractivity contribution in [3.05, 3.63) is 0 Å². The van der Waals surface area contributed by atoms with E-state index in [4.69, 9.17) is 0 Å². The highest BCUT2D eigenvalue weighted by molar-refractivity contribution is 7.86. The van der Waals surface area contributed by atoms with Gasteiger partial charge < -0.3 is 10.2 Å². The monoisotopic (exact) mass is 292 g/mol. The molecule has 1 heterocycles. The number of piperazine rings is 1. The van der Waals surface area contributed by atoms with Crippen molar-refractivity contribution < 1.29 is 8.42 Å². The lowest BCUT2D eigenvalue weighted by Gasteiger charge is -2.38. The largest absolute Gasteiger partial charge is 0.317 e. The summed E-state index contributed by atoms with van der Waals surface area (Å²) in [5.74, 6) is 0. The van der Waals surface area contributed by atoms with Gasteiger partial charge in [-0.3, -0.25) is 0 Å². The van der Waals surface area contributed by atoms with E-state index in [0.29, 0.717) is 13.1 Å². The van der Waals surface area contributed by atoms with E-state index < -0.39 is 10.2 Å². The number of nitrogens with one attached hydrogen (secondary N) is 1. The molecule has 1 rings (SSSR count). The Morgan fingerprint density at radius 1 is 1.37 bits per heavy atom. The predicted molar refractivity (Wildman–Crippen MR) is 78.4 cm³/mol. The second kappa shape index (κ2) is 7.54. The van der Waals surface area contributed by atoms with Crippen molar-refractivity contribution >= 4 is 10.2 Å².